The summed E-state index contributed by atoms with van der Waals surface area (Å²) in [5, 5.41) is 14.2. The van der Waals surface area contributed by atoms with Crippen molar-refractivity contribution in [3.05, 3.63) is 33.6 Å². The number of nitro benzene ring substituents is 1. The summed E-state index contributed by atoms with van der Waals surface area (Å²) in [6, 6.07) is 2.70. The Bertz CT molecular complexity index is 485. The van der Waals surface area contributed by atoms with Gasteiger partial charge < -0.3 is 5.32 Å². The Kier molecular flexibility index (Phi) is 4.02. The third kappa shape index (κ3) is 3.03. The fraction of sp³-hybridized carbons (Fsp3) is 0.571. The van der Waals surface area contributed by atoms with Gasteiger partial charge in [0, 0.05) is 6.04 Å². The van der Waals surface area contributed by atoms with Gasteiger partial charge >= 0.3 is 0 Å². The molecule has 0 heterocycles. The van der Waals surface area contributed by atoms with Gasteiger partial charge in [-0.05, 0) is 44.2 Å². The summed E-state index contributed by atoms with van der Waals surface area (Å²) in [6.07, 6.45) is 4.76. The van der Waals surface area contributed by atoms with Crippen molar-refractivity contribution < 1.29 is 9.31 Å². The van der Waals surface area contributed by atoms with Crippen molar-refractivity contribution >= 4 is 11.4 Å². The van der Waals surface area contributed by atoms with Crippen LogP contribution in [0.1, 0.15) is 38.2 Å². The summed E-state index contributed by atoms with van der Waals surface area (Å²) in [5.74, 6) is 0.00994. The summed E-state index contributed by atoms with van der Waals surface area (Å²) in [4.78, 5) is 10.5. The van der Waals surface area contributed by atoms with Crippen LogP contribution in [0.5, 0.6) is 0 Å². The number of hydrogen-bond acceptors (Lipinski definition) is 3. The van der Waals surface area contributed by atoms with Gasteiger partial charge in [-0.25, -0.2) is 4.39 Å². The monoisotopic (exact) mass is 266 g/mol. The standard InChI is InChI=1S/C14H19FN2O2/c1-9-7-13(14(17(18)19)8-12(9)15)16-10(2)11-5-3-4-6-11/h7-8,10-11,16H,3-6H2,1-2H3. The zero-order valence-corrected chi connectivity index (χ0v) is 11.3. The Balaban J connectivity index is 2.22. The van der Waals surface area contributed by atoms with Gasteiger partial charge in [-0.2, -0.15) is 0 Å². The Morgan fingerprint density at radius 3 is 2.63 bits per heavy atom. The molecule has 0 radical (unpaired) electrons. The van der Waals surface area contributed by atoms with Crippen LogP contribution in [0.2, 0.25) is 0 Å². The Morgan fingerprint density at radius 2 is 2.05 bits per heavy atom. The van der Waals surface area contributed by atoms with E-state index in [1.807, 2.05) is 6.92 Å². The van der Waals surface area contributed by atoms with Crippen LogP contribution in [0.15, 0.2) is 12.1 Å². The smallest absolute Gasteiger partial charge is 0.295 e. The van der Waals surface area contributed by atoms with Gasteiger partial charge in [0.25, 0.3) is 5.69 Å². The number of hydrogen-bond donors (Lipinski definition) is 1. The second kappa shape index (κ2) is 5.55. The summed E-state index contributed by atoms with van der Waals surface area (Å²) in [7, 11) is 0. The van der Waals surface area contributed by atoms with E-state index in [1.165, 1.54) is 18.9 Å². The highest BCUT2D eigenvalue weighted by molar-refractivity contribution is 5.63. The molecule has 1 unspecified atom stereocenters. The Hall–Kier alpha value is -1.65. The predicted molar refractivity (Wildman–Crippen MR) is 72.8 cm³/mol. The molecule has 1 aliphatic carbocycles. The Labute approximate surface area is 112 Å². The number of nitrogens with zero attached hydrogens (tertiary/aromatic N) is 1. The zero-order valence-electron chi connectivity index (χ0n) is 11.3. The van der Waals surface area contributed by atoms with E-state index < -0.39 is 10.7 Å². The fourth-order valence-electron chi connectivity index (χ4n) is 2.76. The highest BCUT2D eigenvalue weighted by Gasteiger charge is 2.24. The maximum absolute atomic E-state index is 13.4. The quantitative estimate of drug-likeness (QED) is 0.661. The van der Waals surface area contributed by atoms with Crippen LogP contribution in [0, 0.1) is 28.8 Å². The van der Waals surface area contributed by atoms with Crippen molar-refractivity contribution in [1.82, 2.24) is 0 Å². The summed E-state index contributed by atoms with van der Waals surface area (Å²) in [5.41, 5.74) is 0.656. The molecule has 0 amide bonds. The number of rotatable bonds is 4. The lowest BCUT2D eigenvalue weighted by atomic mass is 9.99. The molecule has 19 heavy (non-hydrogen) atoms. The molecular formula is C14H19FN2O2. The molecule has 0 spiro atoms. The molecule has 2 rings (SSSR count). The maximum Gasteiger partial charge on any atom is 0.295 e. The van der Waals surface area contributed by atoms with E-state index in [4.69, 9.17) is 0 Å². The number of aryl methyl sites for hydroxylation is 1. The molecule has 1 aliphatic rings. The van der Waals surface area contributed by atoms with Crippen molar-refractivity contribution in [1.29, 1.82) is 0 Å². The fourth-order valence-corrected chi connectivity index (χ4v) is 2.76. The van der Waals surface area contributed by atoms with Crippen molar-refractivity contribution in [3.8, 4) is 0 Å². The van der Waals surface area contributed by atoms with Gasteiger partial charge in [0.05, 0.1) is 11.0 Å². The van der Waals surface area contributed by atoms with Gasteiger partial charge in [0.2, 0.25) is 0 Å². The number of halogens is 1. The van der Waals surface area contributed by atoms with Gasteiger partial charge in [-0.3, -0.25) is 10.1 Å². The second-order valence-electron chi connectivity index (χ2n) is 5.35. The van der Waals surface area contributed by atoms with Crippen molar-refractivity contribution in [3.63, 3.8) is 0 Å². The van der Waals surface area contributed by atoms with E-state index in [0.29, 0.717) is 17.2 Å². The average Bonchev–Trinajstić information content (AvgIpc) is 2.86. The largest absolute Gasteiger partial charge is 0.377 e. The molecule has 1 N–H and O–H groups in total. The van der Waals surface area contributed by atoms with Crippen LogP contribution < -0.4 is 5.32 Å². The molecule has 0 aliphatic heterocycles. The molecule has 1 atom stereocenters. The third-order valence-corrected chi connectivity index (χ3v) is 3.96. The number of benzene rings is 1. The Morgan fingerprint density at radius 1 is 1.42 bits per heavy atom. The highest BCUT2D eigenvalue weighted by atomic mass is 19.1. The SMILES string of the molecule is Cc1cc(NC(C)C2CCCC2)c([N+](=O)[O-])cc1F. The van der Waals surface area contributed by atoms with E-state index in [1.54, 1.807) is 6.92 Å². The minimum Gasteiger partial charge on any atom is -0.377 e. The van der Waals surface area contributed by atoms with Gasteiger partial charge in [0.1, 0.15) is 11.5 Å². The highest BCUT2D eigenvalue weighted by Crippen LogP contribution is 2.33. The predicted octanol–water partition coefficient (Wildman–Crippen LogP) is 4.03. The zero-order chi connectivity index (χ0) is 14.0. The molecular weight excluding hydrogens is 247 g/mol. The molecule has 1 fully saturated rings. The van der Waals surface area contributed by atoms with Crippen LogP contribution >= 0.6 is 0 Å². The van der Waals surface area contributed by atoms with Crippen molar-refractivity contribution in [2.75, 3.05) is 5.32 Å². The summed E-state index contributed by atoms with van der Waals surface area (Å²) in [6.45, 7) is 3.66. The molecule has 5 heteroatoms. The molecule has 0 saturated heterocycles. The molecule has 1 aromatic rings. The lowest BCUT2D eigenvalue weighted by molar-refractivity contribution is -0.384. The van der Waals surface area contributed by atoms with Gasteiger partial charge in [0.15, 0.2) is 0 Å². The van der Waals surface area contributed by atoms with E-state index in [-0.39, 0.29) is 11.7 Å². The topological polar surface area (TPSA) is 55.2 Å². The molecule has 0 aromatic heterocycles. The molecule has 4 nitrogen and oxygen atoms in total. The van der Waals surface area contributed by atoms with Crippen molar-refractivity contribution in [2.45, 2.75) is 45.6 Å². The van der Waals surface area contributed by atoms with Crippen LogP contribution in [0.25, 0.3) is 0 Å². The third-order valence-electron chi connectivity index (χ3n) is 3.96. The van der Waals surface area contributed by atoms with Crippen molar-refractivity contribution in [2.24, 2.45) is 5.92 Å². The first-order chi connectivity index (χ1) is 8.99. The average molecular weight is 266 g/mol. The number of nitro groups is 1. The number of nitrogens with one attached hydrogen (secondary N) is 1. The lowest BCUT2D eigenvalue weighted by Crippen LogP contribution is -2.24. The molecule has 1 saturated carbocycles. The lowest BCUT2D eigenvalue weighted by Gasteiger charge is -2.21. The molecule has 1 aromatic carbocycles. The minimum atomic E-state index is -0.536. The van der Waals surface area contributed by atoms with Crippen LogP contribution in [0.4, 0.5) is 15.8 Å². The van der Waals surface area contributed by atoms with E-state index >= 15 is 0 Å². The second-order valence-corrected chi connectivity index (χ2v) is 5.35. The summed E-state index contributed by atoms with van der Waals surface area (Å²) >= 11 is 0. The maximum atomic E-state index is 13.4. The first kappa shape index (κ1) is 13.8. The normalized spacial score (nSPS) is 17.4. The van der Waals surface area contributed by atoms with Crippen LogP contribution in [-0.2, 0) is 0 Å². The summed E-state index contributed by atoms with van der Waals surface area (Å²) < 4.78 is 13.4. The van der Waals surface area contributed by atoms with Crippen LogP contribution in [0.3, 0.4) is 0 Å². The molecule has 0 bridgehead atoms. The van der Waals surface area contributed by atoms with E-state index in [9.17, 15) is 14.5 Å². The van der Waals surface area contributed by atoms with Gasteiger partial charge in [-0.1, -0.05) is 12.8 Å². The number of anilines is 1. The van der Waals surface area contributed by atoms with Gasteiger partial charge in [-0.15, -0.1) is 0 Å². The first-order valence-electron chi connectivity index (χ1n) is 6.70. The van der Waals surface area contributed by atoms with Crippen LogP contribution in [-0.4, -0.2) is 11.0 Å². The van der Waals surface area contributed by atoms with E-state index in [2.05, 4.69) is 5.32 Å². The van der Waals surface area contributed by atoms with E-state index in [0.717, 1.165) is 18.9 Å². The molecule has 104 valence electrons. The first-order valence-corrected chi connectivity index (χ1v) is 6.70. The minimum absolute atomic E-state index is 0.172.